The number of phenols is 2. The molecular formula is C20H26O3. The summed E-state index contributed by atoms with van der Waals surface area (Å²) in [6.07, 6.45) is 2.93. The van der Waals surface area contributed by atoms with E-state index in [4.69, 9.17) is 4.74 Å². The van der Waals surface area contributed by atoms with Crippen LogP contribution < -0.4 is 0 Å². The summed E-state index contributed by atoms with van der Waals surface area (Å²) in [5, 5.41) is 19.1. The second-order valence-electron chi connectivity index (χ2n) is 6.14. The lowest BCUT2D eigenvalue weighted by atomic mass is 9.73. The van der Waals surface area contributed by atoms with E-state index in [0.29, 0.717) is 0 Å². The van der Waals surface area contributed by atoms with Gasteiger partial charge in [0.05, 0.1) is 0 Å². The van der Waals surface area contributed by atoms with Gasteiger partial charge in [0.1, 0.15) is 11.5 Å². The minimum Gasteiger partial charge on any atom is -0.508 e. The molecule has 0 atom stereocenters. The maximum absolute atomic E-state index is 9.55. The second-order valence-corrected chi connectivity index (χ2v) is 6.14. The third kappa shape index (κ3) is 4.49. The van der Waals surface area contributed by atoms with Crippen LogP contribution in [0.1, 0.15) is 44.2 Å². The topological polar surface area (TPSA) is 49.7 Å². The van der Waals surface area contributed by atoms with E-state index in [-0.39, 0.29) is 16.9 Å². The van der Waals surface area contributed by atoms with Gasteiger partial charge >= 0.3 is 0 Å². The van der Waals surface area contributed by atoms with Gasteiger partial charge in [-0.2, -0.15) is 0 Å². The summed E-state index contributed by atoms with van der Waals surface area (Å²) in [5.41, 5.74) is 2.12. The Labute approximate surface area is 138 Å². The minimum absolute atomic E-state index is 0.184. The zero-order valence-electron chi connectivity index (χ0n) is 14.0. The standard InChI is InChI=1S/C20H26O3/c1-3-14-23-15-4-13-20(2,16-5-9-18(21)10-6-16)17-7-11-19(22)12-8-17/h5-12,21-22H,3-4,13-15H2,1-2H3. The van der Waals surface area contributed by atoms with Crippen molar-refractivity contribution < 1.29 is 14.9 Å². The highest BCUT2D eigenvalue weighted by Gasteiger charge is 2.28. The Morgan fingerprint density at radius 2 is 1.30 bits per heavy atom. The molecule has 0 radical (unpaired) electrons. The first-order chi connectivity index (χ1) is 11.1. The molecule has 0 aromatic heterocycles. The molecule has 0 saturated carbocycles. The fourth-order valence-electron chi connectivity index (χ4n) is 2.89. The van der Waals surface area contributed by atoms with Crippen LogP contribution in [0.2, 0.25) is 0 Å². The number of benzene rings is 2. The number of phenolic OH excluding ortho intramolecular Hbond substituents is 2. The van der Waals surface area contributed by atoms with Crippen LogP contribution in [0, 0.1) is 0 Å². The predicted molar refractivity (Wildman–Crippen MR) is 93.0 cm³/mol. The van der Waals surface area contributed by atoms with Gasteiger partial charge in [-0.25, -0.2) is 0 Å². The van der Waals surface area contributed by atoms with Crippen LogP contribution in [0.5, 0.6) is 11.5 Å². The summed E-state index contributed by atoms with van der Waals surface area (Å²) < 4.78 is 5.61. The molecular weight excluding hydrogens is 288 g/mol. The largest absolute Gasteiger partial charge is 0.508 e. The molecule has 0 unspecified atom stereocenters. The van der Waals surface area contributed by atoms with Crippen LogP contribution in [0.25, 0.3) is 0 Å². The van der Waals surface area contributed by atoms with Crippen LogP contribution in [0.15, 0.2) is 48.5 Å². The van der Waals surface area contributed by atoms with Crippen molar-refractivity contribution in [1.82, 2.24) is 0 Å². The maximum Gasteiger partial charge on any atom is 0.115 e. The molecule has 3 heteroatoms. The lowest BCUT2D eigenvalue weighted by Crippen LogP contribution is -2.24. The monoisotopic (exact) mass is 314 g/mol. The third-order valence-corrected chi connectivity index (χ3v) is 4.32. The number of rotatable bonds is 8. The van der Waals surface area contributed by atoms with Gasteiger partial charge in [-0.3, -0.25) is 0 Å². The van der Waals surface area contributed by atoms with Gasteiger partial charge in [0.15, 0.2) is 0 Å². The fraction of sp³-hybridized carbons (Fsp3) is 0.400. The van der Waals surface area contributed by atoms with E-state index in [1.807, 2.05) is 24.3 Å². The van der Waals surface area contributed by atoms with Crippen molar-refractivity contribution in [1.29, 1.82) is 0 Å². The molecule has 2 aromatic rings. The highest BCUT2D eigenvalue weighted by atomic mass is 16.5. The van der Waals surface area contributed by atoms with Crippen molar-refractivity contribution in [3.8, 4) is 11.5 Å². The second kappa shape index (κ2) is 8.02. The molecule has 0 aliphatic carbocycles. The Balaban J connectivity index is 2.22. The average molecular weight is 314 g/mol. The number of hydrogen-bond acceptors (Lipinski definition) is 3. The third-order valence-electron chi connectivity index (χ3n) is 4.32. The van der Waals surface area contributed by atoms with E-state index in [0.717, 1.165) is 43.6 Å². The summed E-state index contributed by atoms with van der Waals surface area (Å²) in [7, 11) is 0. The Hall–Kier alpha value is -2.00. The summed E-state index contributed by atoms with van der Waals surface area (Å²) in [4.78, 5) is 0. The molecule has 3 nitrogen and oxygen atoms in total. The van der Waals surface area contributed by atoms with Crippen molar-refractivity contribution >= 4 is 0 Å². The summed E-state index contributed by atoms with van der Waals surface area (Å²) in [5.74, 6) is 0.543. The summed E-state index contributed by atoms with van der Waals surface area (Å²) >= 11 is 0. The molecule has 0 fully saturated rings. The fourth-order valence-corrected chi connectivity index (χ4v) is 2.89. The molecule has 2 aromatic carbocycles. The van der Waals surface area contributed by atoms with Gasteiger partial charge in [-0.15, -0.1) is 0 Å². The lowest BCUT2D eigenvalue weighted by molar-refractivity contribution is 0.127. The SMILES string of the molecule is CCCOCCCC(C)(c1ccc(O)cc1)c1ccc(O)cc1. The van der Waals surface area contributed by atoms with Gasteiger partial charge in [0.2, 0.25) is 0 Å². The van der Waals surface area contributed by atoms with Crippen LogP contribution in [-0.2, 0) is 10.2 Å². The van der Waals surface area contributed by atoms with Crippen LogP contribution >= 0.6 is 0 Å². The Morgan fingerprint density at radius 3 is 1.74 bits per heavy atom. The van der Waals surface area contributed by atoms with Crippen molar-refractivity contribution in [2.45, 2.75) is 38.5 Å². The molecule has 2 rings (SSSR count). The van der Waals surface area contributed by atoms with Crippen LogP contribution in [0.3, 0.4) is 0 Å². The normalized spacial score (nSPS) is 11.6. The van der Waals surface area contributed by atoms with Gasteiger partial charge in [-0.05, 0) is 54.7 Å². The molecule has 0 aliphatic heterocycles. The van der Waals surface area contributed by atoms with Crippen molar-refractivity contribution in [2.75, 3.05) is 13.2 Å². The molecule has 0 aliphatic rings. The van der Waals surface area contributed by atoms with Crippen molar-refractivity contribution in [2.24, 2.45) is 0 Å². The molecule has 0 spiro atoms. The van der Waals surface area contributed by atoms with E-state index in [2.05, 4.69) is 13.8 Å². The van der Waals surface area contributed by atoms with E-state index in [1.165, 1.54) is 0 Å². The van der Waals surface area contributed by atoms with Gasteiger partial charge in [0, 0.05) is 18.6 Å². The van der Waals surface area contributed by atoms with E-state index in [9.17, 15) is 10.2 Å². The molecule has 124 valence electrons. The summed E-state index contributed by atoms with van der Waals surface area (Å²) in [6.45, 7) is 5.86. The molecule has 2 N–H and O–H groups in total. The highest BCUT2D eigenvalue weighted by Crippen LogP contribution is 2.37. The van der Waals surface area contributed by atoms with E-state index < -0.39 is 0 Å². The number of ether oxygens (including phenoxy) is 1. The highest BCUT2D eigenvalue weighted by molar-refractivity contribution is 5.42. The van der Waals surface area contributed by atoms with Crippen molar-refractivity contribution in [3.05, 3.63) is 59.7 Å². The first-order valence-electron chi connectivity index (χ1n) is 8.23. The Bertz CT molecular complexity index is 542. The molecule has 0 bridgehead atoms. The van der Waals surface area contributed by atoms with Gasteiger partial charge < -0.3 is 14.9 Å². The van der Waals surface area contributed by atoms with Gasteiger partial charge in [-0.1, -0.05) is 38.1 Å². The molecule has 23 heavy (non-hydrogen) atoms. The Morgan fingerprint density at radius 1 is 0.826 bits per heavy atom. The first-order valence-corrected chi connectivity index (χ1v) is 8.23. The smallest absolute Gasteiger partial charge is 0.115 e. The average Bonchev–Trinajstić information content (AvgIpc) is 2.55. The van der Waals surface area contributed by atoms with Gasteiger partial charge in [0.25, 0.3) is 0 Å². The molecule has 0 amide bonds. The minimum atomic E-state index is -0.184. The zero-order chi connectivity index (χ0) is 16.7. The first kappa shape index (κ1) is 17.4. The number of hydrogen-bond donors (Lipinski definition) is 2. The maximum atomic E-state index is 9.55. The number of aromatic hydroxyl groups is 2. The van der Waals surface area contributed by atoms with Crippen LogP contribution in [0.4, 0.5) is 0 Å². The molecule has 0 heterocycles. The quantitative estimate of drug-likeness (QED) is 0.700. The molecule has 0 saturated heterocycles. The lowest BCUT2D eigenvalue weighted by Gasteiger charge is -2.31. The van der Waals surface area contributed by atoms with E-state index in [1.54, 1.807) is 24.3 Å². The summed E-state index contributed by atoms with van der Waals surface area (Å²) in [6, 6.07) is 14.8. The van der Waals surface area contributed by atoms with Crippen molar-refractivity contribution in [3.63, 3.8) is 0 Å². The Kier molecular flexibility index (Phi) is 6.05. The predicted octanol–water partition coefficient (Wildman–Crippen LogP) is 4.61. The van der Waals surface area contributed by atoms with E-state index >= 15 is 0 Å². The zero-order valence-corrected chi connectivity index (χ0v) is 14.0. The van der Waals surface area contributed by atoms with Crippen LogP contribution in [-0.4, -0.2) is 23.4 Å².